The van der Waals surface area contributed by atoms with Gasteiger partial charge in [-0.1, -0.05) is 24.2 Å². The van der Waals surface area contributed by atoms with Gasteiger partial charge in [0.2, 0.25) is 6.10 Å². The normalized spacial score (nSPS) is 26.1. The minimum absolute atomic E-state index is 0.147. The number of rotatable bonds is 6. The second kappa shape index (κ2) is 7.75. The number of ether oxygens (including phenoxy) is 1. The number of hydrogen-bond donors (Lipinski definition) is 1. The van der Waals surface area contributed by atoms with E-state index in [4.69, 9.17) is 9.57 Å². The van der Waals surface area contributed by atoms with Crippen LogP contribution < -0.4 is 5.32 Å². The summed E-state index contributed by atoms with van der Waals surface area (Å²) in [5.74, 6) is 0.00886. The minimum Gasteiger partial charge on any atom is -0.381 e. The number of oxime groups is 1. The highest BCUT2D eigenvalue weighted by Crippen LogP contribution is 2.23. The summed E-state index contributed by atoms with van der Waals surface area (Å²) in [6.07, 6.45) is 2.50. The molecule has 0 radical (unpaired) electrons. The van der Waals surface area contributed by atoms with Gasteiger partial charge in [-0.3, -0.25) is 4.79 Å². The molecule has 0 unspecified atom stereocenters. The van der Waals surface area contributed by atoms with E-state index in [-0.39, 0.29) is 17.6 Å². The summed E-state index contributed by atoms with van der Waals surface area (Å²) in [7, 11) is 0. The number of hydrogen-bond acceptors (Lipinski definition) is 4. The quantitative estimate of drug-likeness (QED) is 0.813. The van der Waals surface area contributed by atoms with Crippen molar-refractivity contribution in [1.82, 2.24) is 5.32 Å². The molecule has 0 aliphatic carbocycles. The van der Waals surface area contributed by atoms with Crippen molar-refractivity contribution < 1.29 is 18.8 Å². The van der Waals surface area contributed by atoms with Crippen molar-refractivity contribution in [3.05, 3.63) is 35.6 Å². The number of benzene rings is 1. The largest absolute Gasteiger partial charge is 0.381 e. The van der Waals surface area contributed by atoms with Crippen LogP contribution in [-0.2, 0) is 14.4 Å². The molecule has 2 aliphatic rings. The van der Waals surface area contributed by atoms with Crippen LogP contribution in [-0.4, -0.2) is 37.5 Å². The highest BCUT2D eigenvalue weighted by molar-refractivity contribution is 6.05. The van der Waals surface area contributed by atoms with Gasteiger partial charge >= 0.3 is 0 Å². The highest BCUT2D eigenvalue weighted by atomic mass is 19.1. The molecule has 5 nitrogen and oxygen atoms in total. The first-order chi connectivity index (χ1) is 11.6. The van der Waals surface area contributed by atoms with Crippen LogP contribution in [0, 0.1) is 17.7 Å². The molecular weight excluding hydrogens is 311 g/mol. The van der Waals surface area contributed by atoms with Crippen LogP contribution in [0.25, 0.3) is 0 Å². The van der Waals surface area contributed by atoms with E-state index in [0.717, 1.165) is 38.0 Å². The van der Waals surface area contributed by atoms with Gasteiger partial charge in [-0.25, -0.2) is 4.39 Å². The lowest BCUT2D eigenvalue weighted by molar-refractivity contribution is -0.132. The molecule has 1 fully saturated rings. The lowest BCUT2D eigenvalue weighted by Crippen LogP contribution is -2.39. The fourth-order valence-electron chi connectivity index (χ4n) is 3.16. The third-order valence-corrected chi connectivity index (χ3v) is 4.66. The Kier molecular flexibility index (Phi) is 5.45. The minimum atomic E-state index is -0.625. The van der Waals surface area contributed by atoms with Crippen molar-refractivity contribution in [3.8, 4) is 0 Å². The second-order valence-electron chi connectivity index (χ2n) is 6.46. The van der Waals surface area contributed by atoms with E-state index in [9.17, 15) is 9.18 Å². The standard InChI is InChI=1S/C18H23FN2O3/c1-12-16(14-4-6-15(19)7-5-14)21-24-17(12)18(22)20-9-2-3-13-8-10-23-11-13/h4-7,12-13,17H,2-3,8-11H2,1H3,(H,20,22)/t12-,13-,17+/m1/s1. The number of nitrogens with one attached hydrogen (secondary N) is 1. The number of carbonyl (C=O) groups is 1. The second-order valence-corrected chi connectivity index (χ2v) is 6.46. The first-order valence-corrected chi connectivity index (χ1v) is 8.50. The van der Waals surface area contributed by atoms with Gasteiger partial charge in [-0.05, 0) is 42.9 Å². The Morgan fingerprint density at radius 2 is 2.17 bits per heavy atom. The lowest BCUT2D eigenvalue weighted by Gasteiger charge is -2.15. The van der Waals surface area contributed by atoms with Crippen molar-refractivity contribution in [2.24, 2.45) is 17.0 Å². The van der Waals surface area contributed by atoms with Crippen LogP contribution in [0.4, 0.5) is 4.39 Å². The Labute approximate surface area is 141 Å². The Morgan fingerprint density at radius 1 is 1.38 bits per heavy atom. The van der Waals surface area contributed by atoms with E-state index in [0.29, 0.717) is 18.2 Å². The summed E-state index contributed by atoms with van der Waals surface area (Å²) in [5, 5.41) is 6.95. The van der Waals surface area contributed by atoms with Crippen molar-refractivity contribution in [3.63, 3.8) is 0 Å². The number of amides is 1. The molecule has 3 rings (SSSR count). The Hall–Kier alpha value is -1.95. The predicted molar refractivity (Wildman–Crippen MR) is 88.1 cm³/mol. The van der Waals surface area contributed by atoms with Gasteiger partial charge in [0.15, 0.2) is 0 Å². The van der Waals surface area contributed by atoms with E-state index < -0.39 is 6.10 Å². The molecule has 1 amide bonds. The zero-order chi connectivity index (χ0) is 16.9. The molecule has 1 aromatic carbocycles. The van der Waals surface area contributed by atoms with Crippen LogP contribution >= 0.6 is 0 Å². The summed E-state index contributed by atoms with van der Waals surface area (Å²) in [4.78, 5) is 17.6. The Morgan fingerprint density at radius 3 is 2.88 bits per heavy atom. The van der Waals surface area contributed by atoms with Crippen molar-refractivity contribution in [1.29, 1.82) is 0 Å². The van der Waals surface area contributed by atoms with Gasteiger partial charge in [-0.15, -0.1) is 0 Å². The molecule has 1 aromatic rings. The summed E-state index contributed by atoms with van der Waals surface area (Å²) in [6, 6.07) is 6.06. The zero-order valence-electron chi connectivity index (χ0n) is 13.8. The molecule has 24 heavy (non-hydrogen) atoms. The van der Waals surface area contributed by atoms with E-state index in [1.807, 2.05) is 6.92 Å². The fraction of sp³-hybridized carbons (Fsp3) is 0.556. The van der Waals surface area contributed by atoms with Crippen LogP contribution in [0.3, 0.4) is 0 Å². The Bertz CT molecular complexity index is 597. The first-order valence-electron chi connectivity index (χ1n) is 8.50. The zero-order valence-corrected chi connectivity index (χ0v) is 13.8. The lowest BCUT2D eigenvalue weighted by atomic mass is 9.93. The Balaban J connectivity index is 1.45. The molecule has 6 heteroatoms. The van der Waals surface area contributed by atoms with E-state index >= 15 is 0 Å². The number of halogens is 1. The average Bonchev–Trinajstić information content (AvgIpc) is 3.22. The number of nitrogens with zero attached hydrogens (tertiary/aromatic N) is 1. The van der Waals surface area contributed by atoms with Gasteiger partial charge in [0.1, 0.15) is 5.82 Å². The monoisotopic (exact) mass is 334 g/mol. The average molecular weight is 334 g/mol. The van der Waals surface area contributed by atoms with Crippen molar-refractivity contribution >= 4 is 11.6 Å². The highest BCUT2D eigenvalue weighted by Gasteiger charge is 2.36. The van der Waals surface area contributed by atoms with Crippen molar-refractivity contribution in [2.75, 3.05) is 19.8 Å². The summed E-state index contributed by atoms with van der Waals surface area (Å²) >= 11 is 0. The predicted octanol–water partition coefficient (Wildman–Crippen LogP) is 2.50. The molecule has 1 saturated heterocycles. The smallest absolute Gasteiger partial charge is 0.264 e. The third kappa shape index (κ3) is 3.93. The topological polar surface area (TPSA) is 59.9 Å². The number of carbonyl (C=O) groups excluding carboxylic acids is 1. The van der Waals surface area contributed by atoms with E-state index in [2.05, 4.69) is 10.5 Å². The first kappa shape index (κ1) is 16.9. The molecule has 3 atom stereocenters. The summed E-state index contributed by atoms with van der Waals surface area (Å²) < 4.78 is 18.4. The van der Waals surface area contributed by atoms with E-state index in [1.54, 1.807) is 12.1 Å². The van der Waals surface area contributed by atoms with Crippen LogP contribution in [0.2, 0.25) is 0 Å². The van der Waals surface area contributed by atoms with Gasteiger partial charge in [0, 0.05) is 19.8 Å². The van der Waals surface area contributed by atoms with E-state index in [1.165, 1.54) is 12.1 Å². The molecule has 0 aromatic heterocycles. The molecule has 1 N–H and O–H groups in total. The van der Waals surface area contributed by atoms with Gasteiger partial charge < -0.3 is 14.9 Å². The summed E-state index contributed by atoms with van der Waals surface area (Å²) in [5.41, 5.74) is 1.46. The molecular formula is C18H23FN2O3. The van der Waals surface area contributed by atoms with Gasteiger partial charge in [0.25, 0.3) is 5.91 Å². The van der Waals surface area contributed by atoms with Gasteiger partial charge in [0.05, 0.1) is 11.6 Å². The van der Waals surface area contributed by atoms with Crippen LogP contribution in [0.15, 0.2) is 29.4 Å². The molecule has 0 spiro atoms. The summed E-state index contributed by atoms with van der Waals surface area (Å²) in [6.45, 7) is 4.22. The fourth-order valence-corrected chi connectivity index (χ4v) is 3.16. The maximum Gasteiger partial charge on any atom is 0.264 e. The molecule has 0 bridgehead atoms. The van der Waals surface area contributed by atoms with Crippen molar-refractivity contribution in [2.45, 2.75) is 32.3 Å². The van der Waals surface area contributed by atoms with Crippen LogP contribution in [0.5, 0.6) is 0 Å². The van der Waals surface area contributed by atoms with Gasteiger partial charge in [-0.2, -0.15) is 0 Å². The molecule has 130 valence electrons. The molecule has 2 heterocycles. The third-order valence-electron chi connectivity index (χ3n) is 4.66. The maximum absolute atomic E-state index is 13.0. The maximum atomic E-state index is 13.0. The molecule has 2 aliphatic heterocycles. The van der Waals surface area contributed by atoms with Crippen LogP contribution in [0.1, 0.15) is 31.7 Å². The molecule has 0 saturated carbocycles. The SMILES string of the molecule is C[C@@H]1C(c2ccc(F)cc2)=NO[C@@H]1C(=O)NCCC[C@@H]1CCOC1.